The van der Waals surface area contributed by atoms with Gasteiger partial charge in [-0.15, -0.1) is 11.3 Å². The summed E-state index contributed by atoms with van der Waals surface area (Å²) in [4.78, 5) is 12.0. The minimum Gasteiger partial charge on any atom is -0.370 e. The Bertz CT molecular complexity index is 538. The maximum Gasteiger partial charge on any atom is 0.165 e. The molecule has 1 atom stereocenters. The molecule has 0 radical (unpaired) electrons. The molecule has 0 spiro atoms. The molecule has 1 unspecified atom stereocenters. The summed E-state index contributed by atoms with van der Waals surface area (Å²) in [6.07, 6.45) is 2.25. The molecule has 1 aliphatic heterocycles. The average molecular weight is 246 g/mol. The third-order valence-corrected chi connectivity index (χ3v) is 4.23. The molecule has 3 heteroatoms. The summed E-state index contributed by atoms with van der Waals surface area (Å²) in [6.45, 7) is 0.737. The Hall–Kier alpha value is -1.19. The first-order chi connectivity index (χ1) is 8.34. The summed E-state index contributed by atoms with van der Waals surface area (Å²) in [5.41, 5.74) is 1.14. The number of carbonyl (C=O) groups is 1. The minimum atomic E-state index is -0.159. The number of hydrogen-bond donors (Lipinski definition) is 0. The smallest absolute Gasteiger partial charge is 0.165 e. The van der Waals surface area contributed by atoms with Crippen LogP contribution < -0.4 is 0 Å². The van der Waals surface area contributed by atoms with Crippen LogP contribution in [0.1, 0.15) is 18.4 Å². The predicted octanol–water partition coefficient (Wildman–Crippen LogP) is 3.19. The van der Waals surface area contributed by atoms with Crippen molar-refractivity contribution in [3.05, 3.63) is 35.2 Å². The van der Waals surface area contributed by atoms with E-state index in [0.717, 1.165) is 25.0 Å². The number of benzene rings is 1. The van der Waals surface area contributed by atoms with Crippen LogP contribution in [-0.2, 0) is 16.0 Å². The minimum absolute atomic E-state index is 0.159. The summed E-state index contributed by atoms with van der Waals surface area (Å²) < 4.78 is 6.68. The highest BCUT2D eigenvalue weighted by molar-refractivity contribution is 7.17. The quantitative estimate of drug-likeness (QED) is 0.831. The van der Waals surface area contributed by atoms with E-state index in [9.17, 15) is 4.79 Å². The van der Waals surface area contributed by atoms with Gasteiger partial charge in [0.25, 0.3) is 0 Å². The van der Waals surface area contributed by atoms with E-state index in [0.29, 0.717) is 6.42 Å². The van der Waals surface area contributed by atoms with Gasteiger partial charge >= 0.3 is 0 Å². The highest BCUT2D eigenvalue weighted by Gasteiger charge is 2.24. The van der Waals surface area contributed by atoms with Crippen molar-refractivity contribution < 1.29 is 9.53 Å². The summed E-state index contributed by atoms with van der Waals surface area (Å²) in [5.74, 6) is 0.228. The summed E-state index contributed by atoms with van der Waals surface area (Å²) in [5, 5.41) is 3.31. The average Bonchev–Trinajstić information content (AvgIpc) is 2.98. The van der Waals surface area contributed by atoms with E-state index < -0.39 is 0 Å². The SMILES string of the molecule is O=C(Cc1csc2ccccc12)C1CCCO1. The van der Waals surface area contributed by atoms with Crippen LogP contribution in [0.15, 0.2) is 29.6 Å². The van der Waals surface area contributed by atoms with Crippen molar-refractivity contribution in [3.8, 4) is 0 Å². The van der Waals surface area contributed by atoms with Crippen molar-refractivity contribution >= 4 is 27.2 Å². The van der Waals surface area contributed by atoms with E-state index >= 15 is 0 Å². The molecule has 0 bridgehead atoms. The molecule has 0 amide bonds. The Morgan fingerprint density at radius 3 is 3.12 bits per heavy atom. The number of carbonyl (C=O) groups excluding carboxylic acids is 1. The summed E-state index contributed by atoms with van der Waals surface area (Å²) in [7, 11) is 0. The van der Waals surface area contributed by atoms with E-state index in [4.69, 9.17) is 4.74 Å². The summed E-state index contributed by atoms with van der Waals surface area (Å²) >= 11 is 1.71. The van der Waals surface area contributed by atoms with Crippen LogP contribution in [0, 0.1) is 0 Å². The molecule has 1 aromatic heterocycles. The zero-order valence-corrected chi connectivity index (χ0v) is 10.3. The molecule has 0 saturated carbocycles. The maximum atomic E-state index is 12.0. The molecule has 1 saturated heterocycles. The lowest BCUT2D eigenvalue weighted by atomic mass is 10.0. The largest absolute Gasteiger partial charge is 0.370 e. The van der Waals surface area contributed by atoms with Crippen LogP contribution in [0.3, 0.4) is 0 Å². The Balaban J connectivity index is 1.82. The monoisotopic (exact) mass is 246 g/mol. The van der Waals surface area contributed by atoms with Crippen LogP contribution in [-0.4, -0.2) is 18.5 Å². The number of thiophene rings is 1. The highest BCUT2D eigenvalue weighted by Crippen LogP contribution is 2.27. The van der Waals surface area contributed by atoms with Gasteiger partial charge < -0.3 is 4.74 Å². The van der Waals surface area contributed by atoms with Gasteiger partial charge in [-0.05, 0) is 35.2 Å². The van der Waals surface area contributed by atoms with Crippen molar-refractivity contribution in [2.45, 2.75) is 25.4 Å². The van der Waals surface area contributed by atoms with Crippen molar-refractivity contribution in [1.29, 1.82) is 0 Å². The van der Waals surface area contributed by atoms with E-state index in [-0.39, 0.29) is 11.9 Å². The lowest BCUT2D eigenvalue weighted by Crippen LogP contribution is -2.21. The maximum absolute atomic E-state index is 12.0. The van der Waals surface area contributed by atoms with Gasteiger partial charge in [-0.3, -0.25) is 4.79 Å². The van der Waals surface area contributed by atoms with Crippen LogP contribution in [0.2, 0.25) is 0 Å². The van der Waals surface area contributed by atoms with Gasteiger partial charge in [0.1, 0.15) is 6.10 Å². The molecule has 1 aromatic carbocycles. The van der Waals surface area contributed by atoms with E-state index in [1.165, 1.54) is 10.1 Å². The fourth-order valence-electron chi connectivity index (χ4n) is 2.30. The van der Waals surface area contributed by atoms with E-state index in [2.05, 4.69) is 17.5 Å². The molecule has 3 rings (SSSR count). The second-order valence-corrected chi connectivity index (χ2v) is 5.31. The molecule has 2 heterocycles. The number of hydrogen-bond acceptors (Lipinski definition) is 3. The molecular formula is C14H14O2S. The molecule has 2 aromatic rings. The van der Waals surface area contributed by atoms with E-state index in [1.807, 2.05) is 12.1 Å². The molecule has 88 valence electrons. The Labute approximate surface area is 104 Å². The zero-order chi connectivity index (χ0) is 11.7. The second-order valence-electron chi connectivity index (χ2n) is 4.40. The van der Waals surface area contributed by atoms with Crippen LogP contribution in [0.5, 0.6) is 0 Å². The molecular weight excluding hydrogens is 232 g/mol. The molecule has 0 aliphatic carbocycles. The number of Topliss-reactive ketones (excluding diaryl/α,β-unsaturated/α-hetero) is 1. The van der Waals surface area contributed by atoms with Crippen molar-refractivity contribution in [2.75, 3.05) is 6.61 Å². The van der Waals surface area contributed by atoms with Gasteiger partial charge in [0.05, 0.1) is 0 Å². The van der Waals surface area contributed by atoms with Gasteiger partial charge in [0, 0.05) is 17.7 Å². The first-order valence-electron chi connectivity index (χ1n) is 5.94. The molecule has 17 heavy (non-hydrogen) atoms. The first-order valence-corrected chi connectivity index (χ1v) is 6.82. The summed E-state index contributed by atoms with van der Waals surface area (Å²) in [6, 6.07) is 8.24. The standard InChI is InChI=1S/C14H14O2S/c15-12(13-5-3-7-16-13)8-10-9-17-14-6-2-1-4-11(10)14/h1-2,4,6,9,13H,3,5,7-8H2. The topological polar surface area (TPSA) is 26.3 Å². The zero-order valence-electron chi connectivity index (χ0n) is 9.52. The Morgan fingerprint density at radius 1 is 1.41 bits per heavy atom. The second kappa shape index (κ2) is 4.59. The lowest BCUT2D eigenvalue weighted by molar-refractivity contribution is -0.127. The molecule has 0 N–H and O–H groups in total. The predicted molar refractivity (Wildman–Crippen MR) is 69.5 cm³/mol. The Morgan fingerprint density at radius 2 is 2.29 bits per heavy atom. The lowest BCUT2D eigenvalue weighted by Gasteiger charge is -2.07. The van der Waals surface area contributed by atoms with Gasteiger partial charge in [-0.1, -0.05) is 18.2 Å². The van der Waals surface area contributed by atoms with Crippen molar-refractivity contribution in [1.82, 2.24) is 0 Å². The number of ether oxygens (including phenoxy) is 1. The fraction of sp³-hybridized carbons (Fsp3) is 0.357. The Kier molecular flexibility index (Phi) is 2.95. The molecule has 2 nitrogen and oxygen atoms in total. The van der Waals surface area contributed by atoms with Gasteiger partial charge in [-0.2, -0.15) is 0 Å². The fourth-order valence-corrected chi connectivity index (χ4v) is 3.27. The van der Waals surface area contributed by atoms with Gasteiger partial charge in [0.15, 0.2) is 5.78 Å². The first kappa shape index (κ1) is 10.9. The highest BCUT2D eigenvalue weighted by atomic mass is 32.1. The van der Waals surface area contributed by atoms with Crippen LogP contribution >= 0.6 is 11.3 Å². The van der Waals surface area contributed by atoms with Crippen molar-refractivity contribution in [2.24, 2.45) is 0 Å². The molecule has 1 aliphatic rings. The van der Waals surface area contributed by atoms with E-state index in [1.54, 1.807) is 11.3 Å². The van der Waals surface area contributed by atoms with Crippen LogP contribution in [0.25, 0.3) is 10.1 Å². The number of fused-ring (bicyclic) bond motifs is 1. The number of ketones is 1. The number of rotatable bonds is 3. The van der Waals surface area contributed by atoms with Gasteiger partial charge in [0.2, 0.25) is 0 Å². The van der Waals surface area contributed by atoms with Crippen molar-refractivity contribution in [3.63, 3.8) is 0 Å². The normalized spacial score (nSPS) is 19.9. The van der Waals surface area contributed by atoms with Crippen LogP contribution in [0.4, 0.5) is 0 Å². The van der Waals surface area contributed by atoms with Gasteiger partial charge in [-0.25, -0.2) is 0 Å². The third-order valence-electron chi connectivity index (χ3n) is 3.21. The molecule has 1 fully saturated rings. The third kappa shape index (κ3) is 2.13.